The summed E-state index contributed by atoms with van der Waals surface area (Å²) < 4.78 is 13.4. The van der Waals surface area contributed by atoms with E-state index in [1.165, 1.54) is 25.7 Å². The number of halogens is 1. The average molecular weight is 388 g/mol. The van der Waals surface area contributed by atoms with E-state index in [0.29, 0.717) is 24.4 Å². The van der Waals surface area contributed by atoms with Crippen LogP contribution >= 0.6 is 0 Å². The fourth-order valence-electron chi connectivity index (χ4n) is 5.70. The van der Waals surface area contributed by atoms with Crippen molar-refractivity contribution in [3.63, 3.8) is 0 Å². The van der Waals surface area contributed by atoms with Crippen molar-refractivity contribution in [2.45, 2.75) is 64.0 Å². The summed E-state index contributed by atoms with van der Waals surface area (Å²) in [6.07, 6.45) is 7.11. The highest BCUT2D eigenvalue weighted by Crippen LogP contribution is 2.44. The van der Waals surface area contributed by atoms with E-state index in [-0.39, 0.29) is 11.4 Å². The number of carbonyl (C=O) groups is 1. The van der Waals surface area contributed by atoms with Crippen molar-refractivity contribution in [2.75, 3.05) is 37.6 Å². The minimum Gasteiger partial charge on any atom is -0.363 e. The molecule has 0 N–H and O–H groups in total. The topological polar surface area (TPSA) is 26.8 Å². The quantitative estimate of drug-likeness (QED) is 0.787. The van der Waals surface area contributed by atoms with Crippen molar-refractivity contribution in [2.24, 2.45) is 5.92 Å². The van der Waals surface area contributed by atoms with E-state index in [1.807, 2.05) is 12.1 Å². The van der Waals surface area contributed by atoms with E-state index in [1.54, 1.807) is 12.1 Å². The number of nitrogens with zero attached hydrogens (tertiary/aromatic N) is 3. The number of rotatable bonds is 3. The maximum Gasteiger partial charge on any atom is 0.236 e. The van der Waals surface area contributed by atoms with Crippen molar-refractivity contribution in [1.82, 2.24) is 9.80 Å². The second kappa shape index (κ2) is 8.02. The Morgan fingerprint density at radius 2 is 1.75 bits per heavy atom. The molecular weight excluding hydrogens is 353 g/mol. The summed E-state index contributed by atoms with van der Waals surface area (Å²) in [5, 5.41) is 0. The minimum atomic E-state index is -0.189. The van der Waals surface area contributed by atoms with Crippen LogP contribution < -0.4 is 4.90 Å². The van der Waals surface area contributed by atoms with Gasteiger partial charge in [-0.25, -0.2) is 4.39 Å². The Morgan fingerprint density at radius 3 is 2.43 bits per heavy atom. The number of likely N-dealkylation sites (tertiary alicyclic amines) is 2. The summed E-state index contributed by atoms with van der Waals surface area (Å²) in [5.41, 5.74) is 1.13. The molecule has 1 aromatic carbocycles. The van der Waals surface area contributed by atoms with E-state index in [2.05, 4.69) is 28.5 Å². The monoisotopic (exact) mass is 387 g/mol. The first kappa shape index (κ1) is 19.7. The van der Waals surface area contributed by atoms with Crippen molar-refractivity contribution < 1.29 is 9.18 Å². The predicted molar refractivity (Wildman–Crippen MR) is 111 cm³/mol. The molecule has 154 valence electrons. The lowest BCUT2D eigenvalue weighted by molar-refractivity contribution is -0.134. The van der Waals surface area contributed by atoms with Gasteiger partial charge < -0.3 is 9.80 Å². The summed E-state index contributed by atoms with van der Waals surface area (Å²) in [5.74, 6) is 0.603. The van der Waals surface area contributed by atoms with Gasteiger partial charge in [-0.2, -0.15) is 0 Å². The maximum absolute atomic E-state index is 13.4. The molecule has 0 spiro atoms. The van der Waals surface area contributed by atoms with E-state index in [9.17, 15) is 9.18 Å². The first-order valence-electron chi connectivity index (χ1n) is 11.0. The van der Waals surface area contributed by atoms with Crippen LogP contribution in [-0.2, 0) is 4.79 Å². The van der Waals surface area contributed by atoms with Crippen molar-refractivity contribution in [3.05, 3.63) is 30.1 Å². The van der Waals surface area contributed by atoms with E-state index in [0.717, 1.165) is 44.7 Å². The van der Waals surface area contributed by atoms with Crippen LogP contribution in [0.1, 0.15) is 52.4 Å². The molecule has 3 aliphatic heterocycles. The van der Waals surface area contributed by atoms with Gasteiger partial charge in [0.1, 0.15) is 5.82 Å². The number of carbonyl (C=O) groups excluding carboxylic acids is 1. The molecule has 2 atom stereocenters. The number of piperidine rings is 1. The van der Waals surface area contributed by atoms with Crippen molar-refractivity contribution in [1.29, 1.82) is 0 Å². The molecule has 0 radical (unpaired) electrons. The number of hydrogen-bond acceptors (Lipinski definition) is 3. The largest absolute Gasteiger partial charge is 0.363 e. The van der Waals surface area contributed by atoms with Crippen LogP contribution in [0.5, 0.6) is 0 Å². The second-order valence-electron chi connectivity index (χ2n) is 9.51. The molecule has 1 aromatic rings. The summed E-state index contributed by atoms with van der Waals surface area (Å²) in [4.78, 5) is 19.9. The van der Waals surface area contributed by atoms with Gasteiger partial charge in [0.15, 0.2) is 0 Å². The lowest BCUT2D eigenvalue weighted by Gasteiger charge is -2.42. The molecule has 0 unspecified atom stereocenters. The zero-order chi connectivity index (χ0) is 19.7. The second-order valence-corrected chi connectivity index (χ2v) is 9.51. The molecule has 28 heavy (non-hydrogen) atoms. The van der Waals surface area contributed by atoms with Gasteiger partial charge in [-0.3, -0.25) is 9.69 Å². The number of hydrogen-bond donors (Lipinski definition) is 0. The standard InChI is InChI=1S/C23H34FN3O/c1-23(2)15-18-16-26(22(28)17-25-12-5-3-4-6-13-25)14-11-21(18)27(23)20-9-7-19(24)8-10-20/h7-10,18,21H,3-6,11-17H2,1-2H3/t18-,21+/m1/s1. The lowest BCUT2D eigenvalue weighted by Crippen LogP contribution is -2.52. The predicted octanol–water partition coefficient (Wildman–Crippen LogP) is 3.91. The molecule has 3 fully saturated rings. The zero-order valence-corrected chi connectivity index (χ0v) is 17.4. The molecule has 1 amide bonds. The fraction of sp³-hybridized carbons (Fsp3) is 0.696. The smallest absolute Gasteiger partial charge is 0.236 e. The SMILES string of the molecule is CC1(C)C[C@@H]2CN(C(=O)CN3CCCCCC3)CC[C@@H]2N1c1ccc(F)cc1. The molecule has 0 bridgehead atoms. The summed E-state index contributed by atoms with van der Waals surface area (Å²) in [7, 11) is 0. The Labute approximate surface area is 168 Å². The van der Waals surface area contributed by atoms with Crippen LogP contribution in [0.3, 0.4) is 0 Å². The van der Waals surface area contributed by atoms with Gasteiger partial charge >= 0.3 is 0 Å². The maximum atomic E-state index is 13.4. The third-order valence-corrected chi connectivity index (χ3v) is 6.95. The average Bonchev–Trinajstić information content (AvgIpc) is 2.79. The molecular formula is C23H34FN3O. The van der Waals surface area contributed by atoms with Gasteiger partial charge in [0, 0.05) is 30.4 Å². The third-order valence-electron chi connectivity index (χ3n) is 6.95. The summed E-state index contributed by atoms with van der Waals surface area (Å²) in [6, 6.07) is 7.34. The van der Waals surface area contributed by atoms with Gasteiger partial charge in [0.05, 0.1) is 6.54 Å². The van der Waals surface area contributed by atoms with Crippen LogP contribution in [0.25, 0.3) is 0 Å². The van der Waals surface area contributed by atoms with Crippen LogP contribution in [0.4, 0.5) is 10.1 Å². The van der Waals surface area contributed by atoms with Gasteiger partial charge in [-0.15, -0.1) is 0 Å². The van der Waals surface area contributed by atoms with Crippen LogP contribution in [0.15, 0.2) is 24.3 Å². The molecule has 3 aliphatic rings. The summed E-state index contributed by atoms with van der Waals surface area (Å²) in [6.45, 7) is 8.96. The third kappa shape index (κ3) is 4.05. The van der Waals surface area contributed by atoms with Gasteiger partial charge in [0.25, 0.3) is 0 Å². The van der Waals surface area contributed by atoms with Crippen LogP contribution in [0, 0.1) is 11.7 Å². The van der Waals surface area contributed by atoms with Crippen LogP contribution in [-0.4, -0.2) is 60.0 Å². The molecule has 0 saturated carbocycles. The first-order chi connectivity index (χ1) is 13.4. The van der Waals surface area contributed by atoms with Gasteiger partial charge in [-0.05, 0) is 82.8 Å². The molecule has 3 saturated heterocycles. The Balaban J connectivity index is 1.41. The van der Waals surface area contributed by atoms with Gasteiger partial charge in [0.2, 0.25) is 5.91 Å². The molecule has 3 heterocycles. The Bertz CT molecular complexity index is 682. The van der Waals surface area contributed by atoms with Gasteiger partial charge in [-0.1, -0.05) is 12.8 Å². The molecule has 5 heteroatoms. The van der Waals surface area contributed by atoms with E-state index >= 15 is 0 Å². The normalized spacial score (nSPS) is 28.1. The molecule has 4 rings (SSSR count). The highest BCUT2D eigenvalue weighted by Gasteiger charge is 2.48. The Morgan fingerprint density at radius 1 is 1.07 bits per heavy atom. The number of anilines is 1. The lowest BCUT2D eigenvalue weighted by atomic mass is 9.89. The Kier molecular flexibility index (Phi) is 5.64. The first-order valence-corrected chi connectivity index (χ1v) is 11.0. The van der Waals surface area contributed by atoms with E-state index in [4.69, 9.17) is 0 Å². The molecule has 0 aliphatic carbocycles. The highest BCUT2D eigenvalue weighted by molar-refractivity contribution is 5.78. The Hall–Kier alpha value is -1.62. The summed E-state index contributed by atoms with van der Waals surface area (Å²) >= 11 is 0. The number of amides is 1. The number of fused-ring (bicyclic) bond motifs is 1. The highest BCUT2D eigenvalue weighted by atomic mass is 19.1. The molecule has 0 aromatic heterocycles. The molecule has 4 nitrogen and oxygen atoms in total. The van der Waals surface area contributed by atoms with Crippen molar-refractivity contribution in [3.8, 4) is 0 Å². The van der Waals surface area contributed by atoms with Crippen molar-refractivity contribution >= 4 is 11.6 Å². The fourth-order valence-corrected chi connectivity index (χ4v) is 5.70. The van der Waals surface area contributed by atoms with Crippen LogP contribution in [0.2, 0.25) is 0 Å². The zero-order valence-electron chi connectivity index (χ0n) is 17.4. The number of benzene rings is 1. The minimum absolute atomic E-state index is 0.0248. The van der Waals surface area contributed by atoms with E-state index < -0.39 is 0 Å².